The molecule has 1 aromatic carbocycles. The van der Waals surface area contributed by atoms with Gasteiger partial charge in [-0.1, -0.05) is 17.4 Å². The number of thiazole rings is 1. The standard InChI is InChI=1S/C19H26N2O5S/c1-11-9-10-12(24-8)13-14(11)27-15(20-13)21(16(22)25-18(2,3)4)17(23)26-19(5,6)7/h9-10H,1-8H3. The van der Waals surface area contributed by atoms with Gasteiger partial charge in [-0.05, 0) is 60.1 Å². The van der Waals surface area contributed by atoms with E-state index < -0.39 is 23.4 Å². The van der Waals surface area contributed by atoms with Gasteiger partial charge in [-0.25, -0.2) is 14.6 Å². The van der Waals surface area contributed by atoms with Gasteiger partial charge in [-0.3, -0.25) is 0 Å². The van der Waals surface area contributed by atoms with Crippen LogP contribution >= 0.6 is 11.3 Å². The molecule has 0 aliphatic carbocycles. The zero-order valence-electron chi connectivity index (χ0n) is 17.0. The van der Waals surface area contributed by atoms with Gasteiger partial charge in [0.25, 0.3) is 0 Å². The molecule has 2 rings (SSSR count). The van der Waals surface area contributed by atoms with Crippen LogP contribution in [0.3, 0.4) is 0 Å². The summed E-state index contributed by atoms with van der Waals surface area (Å²) in [7, 11) is 1.54. The van der Waals surface area contributed by atoms with E-state index in [0.29, 0.717) is 11.3 Å². The number of fused-ring (bicyclic) bond motifs is 1. The molecule has 0 aliphatic rings. The van der Waals surface area contributed by atoms with Crippen LogP contribution in [0.4, 0.5) is 14.7 Å². The number of carbonyl (C=O) groups excluding carboxylic acids is 2. The van der Waals surface area contributed by atoms with Crippen molar-refractivity contribution in [2.24, 2.45) is 0 Å². The van der Waals surface area contributed by atoms with Crippen molar-refractivity contribution in [2.75, 3.05) is 12.0 Å². The second-order valence-corrected chi connectivity index (χ2v) is 9.03. The Hall–Kier alpha value is -2.35. The smallest absolute Gasteiger partial charge is 0.426 e. The first-order chi connectivity index (χ1) is 12.3. The molecular weight excluding hydrogens is 368 g/mol. The molecule has 2 aromatic rings. The van der Waals surface area contributed by atoms with Crippen molar-refractivity contribution in [3.05, 3.63) is 17.7 Å². The van der Waals surface area contributed by atoms with E-state index in [2.05, 4.69) is 4.98 Å². The van der Waals surface area contributed by atoms with Crippen LogP contribution in [0.15, 0.2) is 12.1 Å². The van der Waals surface area contributed by atoms with E-state index in [1.165, 1.54) is 11.3 Å². The summed E-state index contributed by atoms with van der Waals surface area (Å²) in [6.07, 6.45) is -1.68. The topological polar surface area (TPSA) is 78.0 Å². The van der Waals surface area contributed by atoms with Crippen molar-refractivity contribution < 1.29 is 23.8 Å². The first-order valence-electron chi connectivity index (χ1n) is 8.52. The summed E-state index contributed by atoms with van der Waals surface area (Å²) in [5.41, 5.74) is -0.0130. The minimum Gasteiger partial charge on any atom is -0.494 e. The molecule has 0 saturated carbocycles. The predicted octanol–water partition coefficient (Wildman–Crippen LogP) is 5.29. The number of aromatic nitrogens is 1. The number of aryl methyl sites for hydroxylation is 1. The van der Waals surface area contributed by atoms with E-state index in [9.17, 15) is 9.59 Å². The number of anilines is 1. The van der Waals surface area contributed by atoms with Gasteiger partial charge in [0.1, 0.15) is 22.5 Å². The van der Waals surface area contributed by atoms with Gasteiger partial charge in [0.2, 0.25) is 5.13 Å². The minimum atomic E-state index is -0.840. The molecule has 0 spiro atoms. The lowest BCUT2D eigenvalue weighted by Gasteiger charge is -2.27. The van der Waals surface area contributed by atoms with Crippen molar-refractivity contribution >= 4 is 38.9 Å². The summed E-state index contributed by atoms with van der Waals surface area (Å²) in [6.45, 7) is 12.3. The number of hydrogen-bond donors (Lipinski definition) is 0. The lowest BCUT2D eigenvalue weighted by Crippen LogP contribution is -2.43. The molecule has 2 amide bonds. The summed E-state index contributed by atoms with van der Waals surface area (Å²) in [6, 6.07) is 3.70. The monoisotopic (exact) mass is 394 g/mol. The zero-order valence-corrected chi connectivity index (χ0v) is 17.8. The fraction of sp³-hybridized carbons (Fsp3) is 0.526. The molecule has 8 heteroatoms. The molecule has 0 aliphatic heterocycles. The largest absolute Gasteiger partial charge is 0.494 e. The van der Waals surface area contributed by atoms with Crippen LogP contribution in [0.25, 0.3) is 10.2 Å². The Balaban J connectivity index is 2.56. The van der Waals surface area contributed by atoms with Gasteiger partial charge in [0, 0.05) is 0 Å². The zero-order chi connectivity index (χ0) is 20.6. The molecule has 0 saturated heterocycles. The number of amides is 2. The average Bonchev–Trinajstić information content (AvgIpc) is 2.89. The minimum absolute atomic E-state index is 0.168. The van der Waals surface area contributed by atoms with Crippen LogP contribution in [0, 0.1) is 6.92 Å². The molecule has 0 fully saturated rings. The molecule has 0 N–H and O–H groups in total. The summed E-state index contributed by atoms with van der Waals surface area (Å²) < 4.78 is 17.0. The lowest BCUT2D eigenvalue weighted by atomic mass is 10.2. The van der Waals surface area contributed by atoms with Crippen LogP contribution in [0.2, 0.25) is 0 Å². The van der Waals surface area contributed by atoms with E-state index in [1.54, 1.807) is 54.7 Å². The summed E-state index contributed by atoms with van der Waals surface area (Å²) in [5.74, 6) is 0.562. The Morgan fingerprint density at radius 3 is 1.96 bits per heavy atom. The number of carbonyl (C=O) groups is 2. The van der Waals surface area contributed by atoms with Crippen LogP contribution in [-0.4, -0.2) is 35.5 Å². The van der Waals surface area contributed by atoms with Gasteiger partial charge >= 0.3 is 12.2 Å². The lowest BCUT2D eigenvalue weighted by molar-refractivity contribution is 0.0431. The van der Waals surface area contributed by atoms with Crippen molar-refractivity contribution in [3.63, 3.8) is 0 Å². The maximum Gasteiger partial charge on any atom is 0.426 e. The molecule has 7 nitrogen and oxygen atoms in total. The average molecular weight is 394 g/mol. The first kappa shape index (κ1) is 21.0. The van der Waals surface area contributed by atoms with E-state index in [1.807, 2.05) is 13.0 Å². The second kappa shape index (κ2) is 7.34. The number of rotatable bonds is 2. The van der Waals surface area contributed by atoms with Gasteiger partial charge in [-0.15, -0.1) is 0 Å². The Bertz CT molecular complexity index is 833. The molecule has 0 unspecified atom stereocenters. The fourth-order valence-corrected chi connectivity index (χ4v) is 3.24. The number of nitrogens with zero attached hydrogens (tertiary/aromatic N) is 2. The Morgan fingerprint density at radius 1 is 1.00 bits per heavy atom. The van der Waals surface area contributed by atoms with E-state index in [-0.39, 0.29) is 5.13 Å². The van der Waals surface area contributed by atoms with Gasteiger partial charge in [0.15, 0.2) is 0 Å². The second-order valence-electron chi connectivity index (χ2n) is 8.05. The molecular formula is C19H26N2O5S. The van der Waals surface area contributed by atoms with Crippen LogP contribution in [-0.2, 0) is 9.47 Å². The third-order valence-electron chi connectivity index (χ3n) is 3.26. The molecule has 1 aromatic heterocycles. The maximum atomic E-state index is 12.7. The van der Waals surface area contributed by atoms with Crippen LogP contribution < -0.4 is 9.64 Å². The fourth-order valence-electron chi connectivity index (χ4n) is 2.20. The van der Waals surface area contributed by atoms with Gasteiger partial charge in [-0.2, -0.15) is 4.90 Å². The molecule has 27 heavy (non-hydrogen) atoms. The van der Waals surface area contributed by atoms with Crippen molar-refractivity contribution in [1.82, 2.24) is 4.98 Å². The number of ether oxygens (including phenoxy) is 3. The molecule has 0 atom stereocenters. The Morgan fingerprint density at radius 2 is 1.52 bits per heavy atom. The van der Waals surface area contributed by atoms with Gasteiger partial charge in [0.05, 0.1) is 11.8 Å². The highest BCUT2D eigenvalue weighted by atomic mass is 32.1. The maximum absolute atomic E-state index is 12.7. The van der Waals surface area contributed by atoms with Crippen molar-refractivity contribution in [1.29, 1.82) is 0 Å². The first-order valence-corrected chi connectivity index (χ1v) is 9.34. The highest BCUT2D eigenvalue weighted by molar-refractivity contribution is 7.22. The molecule has 0 radical (unpaired) electrons. The SMILES string of the molecule is COc1ccc(C)c2sc(N(C(=O)OC(C)(C)C)C(=O)OC(C)(C)C)nc12. The van der Waals surface area contributed by atoms with Gasteiger partial charge < -0.3 is 14.2 Å². The van der Waals surface area contributed by atoms with E-state index in [4.69, 9.17) is 14.2 Å². The highest BCUT2D eigenvalue weighted by Gasteiger charge is 2.35. The predicted molar refractivity (Wildman–Crippen MR) is 106 cm³/mol. The number of benzene rings is 1. The highest BCUT2D eigenvalue weighted by Crippen LogP contribution is 2.37. The normalized spacial score (nSPS) is 12.0. The van der Waals surface area contributed by atoms with Crippen LogP contribution in [0.1, 0.15) is 47.1 Å². The Labute approximate surface area is 163 Å². The molecule has 148 valence electrons. The quantitative estimate of drug-likeness (QED) is 0.689. The number of hydrogen-bond acceptors (Lipinski definition) is 7. The van der Waals surface area contributed by atoms with Crippen molar-refractivity contribution in [3.8, 4) is 5.75 Å². The molecule has 0 bridgehead atoms. The summed E-state index contributed by atoms with van der Waals surface area (Å²) in [4.78, 5) is 30.8. The molecule has 1 heterocycles. The van der Waals surface area contributed by atoms with Crippen molar-refractivity contribution in [2.45, 2.75) is 59.7 Å². The van der Waals surface area contributed by atoms with E-state index in [0.717, 1.165) is 15.2 Å². The third kappa shape index (κ3) is 5.09. The number of imide groups is 1. The third-order valence-corrected chi connectivity index (χ3v) is 4.43. The Kier molecular flexibility index (Phi) is 5.70. The summed E-state index contributed by atoms with van der Waals surface area (Å²) in [5, 5.41) is 0.168. The van der Waals surface area contributed by atoms with E-state index >= 15 is 0 Å². The summed E-state index contributed by atoms with van der Waals surface area (Å²) >= 11 is 1.20. The van der Waals surface area contributed by atoms with Crippen LogP contribution in [0.5, 0.6) is 5.75 Å². The number of methoxy groups -OCH3 is 1.